The standard InChI is InChI=1S/C17H19ClF3N5O2S/c1-25(14-10-26(23-15(14)18)12-5-3-7-22-9-12)16(27)13(24-28-2)11-29-8-4-6-17(19,20)21/h3,5,7,9-10H,4,6,8,11H2,1-2H3. The molecule has 0 bridgehead atoms. The number of rotatable bonds is 9. The van der Waals surface area contributed by atoms with E-state index in [0.717, 1.165) is 0 Å². The second-order valence-corrected chi connectivity index (χ2v) is 7.28. The van der Waals surface area contributed by atoms with E-state index in [2.05, 4.69) is 15.2 Å². The molecule has 2 heterocycles. The van der Waals surface area contributed by atoms with Crippen molar-refractivity contribution in [2.75, 3.05) is 30.6 Å². The van der Waals surface area contributed by atoms with Crippen molar-refractivity contribution >= 4 is 40.7 Å². The average Bonchev–Trinajstić information content (AvgIpc) is 3.07. The van der Waals surface area contributed by atoms with Crippen molar-refractivity contribution in [2.45, 2.75) is 19.0 Å². The lowest BCUT2D eigenvalue weighted by molar-refractivity contribution is -0.134. The number of nitrogens with zero attached hydrogens (tertiary/aromatic N) is 5. The van der Waals surface area contributed by atoms with Gasteiger partial charge in [0, 0.05) is 25.4 Å². The molecule has 0 aliphatic heterocycles. The van der Waals surface area contributed by atoms with Crippen LogP contribution in [0, 0.1) is 0 Å². The summed E-state index contributed by atoms with van der Waals surface area (Å²) < 4.78 is 38.1. The third-order valence-corrected chi connectivity index (χ3v) is 4.99. The zero-order valence-corrected chi connectivity index (χ0v) is 17.3. The van der Waals surface area contributed by atoms with Crippen molar-refractivity contribution in [3.8, 4) is 5.69 Å². The fourth-order valence-electron chi connectivity index (χ4n) is 2.27. The molecule has 0 radical (unpaired) electrons. The number of hydrogen-bond acceptors (Lipinski definition) is 6. The third kappa shape index (κ3) is 6.93. The molecule has 2 aromatic rings. The summed E-state index contributed by atoms with van der Waals surface area (Å²) in [5.41, 5.74) is 1.05. The van der Waals surface area contributed by atoms with Crippen LogP contribution in [0.4, 0.5) is 18.9 Å². The van der Waals surface area contributed by atoms with Gasteiger partial charge in [-0.05, 0) is 24.3 Å². The number of anilines is 1. The normalized spacial score (nSPS) is 12.1. The number of oxime groups is 1. The summed E-state index contributed by atoms with van der Waals surface area (Å²) in [4.78, 5) is 22.7. The van der Waals surface area contributed by atoms with Crippen LogP contribution < -0.4 is 4.90 Å². The molecule has 7 nitrogen and oxygen atoms in total. The highest BCUT2D eigenvalue weighted by Crippen LogP contribution is 2.26. The smallest absolute Gasteiger partial charge is 0.389 e. The van der Waals surface area contributed by atoms with Gasteiger partial charge in [-0.25, -0.2) is 4.68 Å². The van der Waals surface area contributed by atoms with Gasteiger partial charge >= 0.3 is 6.18 Å². The van der Waals surface area contributed by atoms with Gasteiger partial charge in [0.1, 0.15) is 12.8 Å². The van der Waals surface area contributed by atoms with Crippen molar-refractivity contribution in [1.82, 2.24) is 14.8 Å². The van der Waals surface area contributed by atoms with Crippen LogP contribution in [0.1, 0.15) is 12.8 Å². The van der Waals surface area contributed by atoms with Gasteiger partial charge in [0.25, 0.3) is 5.91 Å². The van der Waals surface area contributed by atoms with Gasteiger partial charge in [0.05, 0.1) is 18.1 Å². The Morgan fingerprint density at radius 2 is 2.21 bits per heavy atom. The van der Waals surface area contributed by atoms with Crippen molar-refractivity contribution in [2.24, 2.45) is 5.16 Å². The van der Waals surface area contributed by atoms with E-state index < -0.39 is 18.5 Å². The van der Waals surface area contributed by atoms with Gasteiger partial charge in [-0.2, -0.15) is 30.0 Å². The van der Waals surface area contributed by atoms with Crippen LogP contribution in [-0.2, 0) is 9.63 Å². The molecule has 1 amide bonds. The van der Waals surface area contributed by atoms with Crippen LogP contribution in [0.2, 0.25) is 5.15 Å². The zero-order valence-electron chi connectivity index (χ0n) is 15.7. The quantitative estimate of drug-likeness (QED) is 0.329. The van der Waals surface area contributed by atoms with Crippen LogP contribution >= 0.6 is 23.4 Å². The number of amides is 1. The van der Waals surface area contributed by atoms with Gasteiger partial charge in [-0.1, -0.05) is 16.8 Å². The molecule has 0 aromatic carbocycles. The molecular formula is C17H19ClF3N5O2S. The minimum atomic E-state index is -4.19. The monoisotopic (exact) mass is 449 g/mol. The lowest BCUT2D eigenvalue weighted by Gasteiger charge is -2.16. The van der Waals surface area contributed by atoms with Crippen molar-refractivity contribution in [3.05, 3.63) is 35.9 Å². The number of hydrogen-bond donors (Lipinski definition) is 0. The zero-order chi connectivity index (χ0) is 21.4. The molecule has 2 aromatic heterocycles. The number of aromatic nitrogens is 3. The van der Waals surface area contributed by atoms with Gasteiger partial charge in [-0.15, -0.1) is 0 Å². The highest BCUT2D eigenvalue weighted by Gasteiger charge is 2.26. The summed E-state index contributed by atoms with van der Waals surface area (Å²) in [6.45, 7) is 0. The van der Waals surface area contributed by atoms with Gasteiger partial charge in [-0.3, -0.25) is 9.78 Å². The Morgan fingerprint density at radius 3 is 2.83 bits per heavy atom. The largest absolute Gasteiger partial charge is 0.399 e. The molecule has 0 aliphatic rings. The van der Waals surface area contributed by atoms with Crippen LogP contribution in [-0.4, -0.2) is 58.2 Å². The molecule has 12 heteroatoms. The number of halogens is 4. The van der Waals surface area contributed by atoms with E-state index in [-0.39, 0.29) is 28.8 Å². The highest BCUT2D eigenvalue weighted by atomic mass is 35.5. The minimum absolute atomic E-state index is 0.0395. The Labute approximate surface area is 174 Å². The van der Waals surface area contributed by atoms with Crippen molar-refractivity contribution < 1.29 is 22.8 Å². The SMILES string of the molecule is CON=C(CSCCCC(F)(F)F)C(=O)N(C)c1cn(-c2cccnc2)nc1Cl. The number of carbonyl (C=O) groups is 1. The van der Waals surface area contributed by atoms with E-state index in [4.69, 9.17) is 16.4 Å². The van der Waals surface area contributed by atoms with E-state index in [1.54, 1.807) is 30.7 Å². The summed E-state index contributed by atoms with van der Waals surface area (Å²) in [6.07, 6.45) is -0.325. The first-order valence-electron chi connectivity index (χ1n) is 8.41. The van der Waals surface area contributed by atoms with E-state index >= 15 is 0 Å². The molecule has 158 valence electrons. The first-order chi connectivity index (χ1) is 13.7. The van der Waals surface area contributed by atoms with E-state index in [1.807, 2.05) is 0 Å². The molecule has 0 spiro atoms. The predicted molar refractivity (Wildman–Crippen MR) is 107 cm³/mol. The summed E-state index contributed by atoms with van der Waals surface area (Å²) >= 11 is 7.34. The maximum atomic E-state index is 12.8. The van der Waals surface area contributed by atoms with E-state index in [0.29, 0.717) is 11.4 Å². The highest BCUT2D eigenvalue weighted by molar-refractivity contribution is 8.00. The Kier molecular flexibility index (Phi) is 8.32. The lowest BCUT2D eigenvalue weighted by Crippen LogP contribution is -2.34. The van der Waals surface area contributed by atoms with Gasteiger partial charge < -0.3 is 9.74 Å². The molecule has 2 rings (SSSR count). The molecule has 0 saturated heterocycles. The van der Waals surface area contributed by atoms with Crippen molar-refractivity contribution in [1.29, 1.82) is 0 Å². The maximum absolute atomic E-state index is 12.8. The van der Waals surface area contributed by atoms with Crippen LogP contribution in [0.15, 0.2) is 35.9 Å². The fraction of sp³-hybridized carbons (Fsp3) is 0.412. The second-order valence-electron chi connectivity index (χ2n) is 5.82. The van der Waals surface area contributed by atoms with Gasteiger partial charge in [0.2, 0.25) is 0 Å². The molecule has 0 atom stereocenters. The topological polar surface area (TPSA) is 72.6 Å². The Bertz CT molecular complexity index is 845. The molecule has 0 fully saturated rings. The summed E-state index contributed by atoms with van der Waals surface area (Å²) in [5.74, 6) is -0.162. The molecule has 0 N–H and O–H groups in total. The number of alkyl halides is 3. The molecule has 0 aliphatic carbocycles. The lowest BCUT2D eigenvalue weighted by atomic mass is 10.3. The average molecular weight is 450 g/mol. The first kappa shape index (κ1) is 23.0. The number of pyridine rings is 1. The molecule has 0 saturated carbocycles. The summed E-state index contributed by atoms with van der Waals surface area (Å²) in [7, 11) is 2.79. The van der Waals surface area contributed by atoms with E-state index in [9.17, 15) is 18.0 Å². The number of thioether (sulfide) groups is 1. The Hall–Kier alpha value is -2.27. The fourth-order valence-corrected chi connectivity index (χ4v) is 3.39. The van der Waals surface area contributed by atoms with Crippen LogP contribution in [0.3, 0.4) is 0 Å². The van der Waals surface area contributed by atoms with Crippen LogP contribution in [0.25, 0.3) is 5.69 Å². The second kappa shape index (κ2) is 10.5. The van der Waals surface area contributed by atoms with Gasteiger partial charge in [0.15, 0.2) is 10.9 Å². The van der Waals surface area contributed by atoms with E-state index in [1.165, 1.54) is 35.5 Å². The molecular weight excluding hydrogens is 431 g/mol. The Morgan fingerprint density at radius 1 is 1.45 bits per heavy atom. The summed E-state index contributed by atoms with van der Waals surface area (Å²) in [5, 5.41) is 7.97. The van der Waals surface area contributed by atoms with Crippen LogP contribution in [0.5, 0.6) is 0 Å². The number of carbonyl (C=O) groups excluding carboxylic acids is 1. The first-order valence-corrected chi connectivity index (χ1v) is 9.94. The summed E-state index contributed by atoms with van der Waals surface area (Å²) in [6, 6.07) is 3.51. The third-order valence-electron chi connectivity index (χ3n) is 3.66. The minimum Gasteiger partial charge on any atom is -0.399 e. The molecule has 0 unspecified atom stereocenters. The maximum Gasteiger partial charge on any atom is 0.389 e. The van der Waals surface area contributed by atoms with Crippen molar-refractivity contribution in [3.63, 3.8) is 0 Å². The Balaban J connectivity index is 2.04. The molecule has 29 heavy (non-hydrogen) atoms. The predicted octanol–water partition coefficient (Wildman–Crippen LogP) is 3.96.